The largest absolute Gasteiger partial charge is 0.465 e. The predicted octanol–water partition coefficient (Wildman–Crippen LogP) is 0.758. The molecule has 2 unspecified atom stereocenters. The molecule has 1 fully saturated rings. The molecule has 1 aliphatic rings. The minimum absolute atomic E-state index is 0.202. The molecule has 0 spiro atoms. The van der Waals surface area contributed by atoms with Crippen molar-refractivity contribution in [1.29, 1.82) is 0 Å². The van der Waals surface area contributed by atoms with Crippen molar-refractivity contribution in [2.45, 2.75) is 30.6 Å². The van der Waals surface area contributed by atoms with Gasteiger partial charge in [0.05, 0.1) is 0 Å². The molecule has 0 aromatic heterocycles. The number of Topliss-reactive ketones (excluding diaryl/α,β-unsaturated/α-hetero) is 1. The monoisotopic (exact) mass is 311 g/mol. The SMILES string of the molecule is CS(=O)(=O)C(Oc1ccc(C2CCC(=O)C2)cc1)C(N)=O. The number of benzene rings is 1. The van der Waals surface area contributed by atoms with E-state index < -0.39 is 21.2 Å². The highest BCUT2D eigenvalue weighted by atomic mass is 32.2. The number of hydrogen-bond donors (Lipinski definition) is 1. The van der Waals surface area contributed by atoms with Crippen LogP contribution in [0, 0.1) is 0 Å². The van der Waals surface area contributed by atoms with Crippen molar-refractivity contribution >= 4 is 21.5 Å². The Kier molecular flexibility index (Phi) is 4.32. The lowest BCUT2D eigenvalue weighted by Gasteiger charge is -2.15. The van der Waals surface area contributed by atoms with Gasteiger partial charge >= 0.3 is 0 Å². The van der Waals surface area contributed by atoms with Gasteiger partial charge in [0.1, 0.15) is 11.5 Å². The number of rotatable bonds is 5. The number of amides is 1. The molecular formula is C14H17NO5S. The summed E-state index contributed by atoms with van der Waals surface area (Å²) in [6, 6.07) is 6.72. The summed E-state index contributed by atoms with van der Waals surface area (Å²) < 4.78 is 28.0. The van der Waals surface area contributed by atoms with Crippen LogP contribution in [0.15, 0.2) is 24.3 Å². The first kappa shape index (κ1) is 15.5. The number of nitrogens with two attached hydrogens (primary N) is 1. The number of hydrogen-bond acceptors (Lipinski definition) is 5. The van der Waals surface area contributed by atoms with Gasteiger partial charge in [-0.25, -0.2) is 8.42 Å². The molecule has 1 amide bonds. The third-order valence-electron chi connectivity index (χ3n) is 3.46. The van der Waals surface area contributed by atoms with Gasteiger partial charge in [-0.15, -0.1) is 0 Å². The third kappa shape index (κ3) is 3.81. The normalized spacial score (nSPS) is 20.2. The zero-order chi connectivity index (χ0) is 15.6. The molecular weight excluding hydrogens is 294 g/mol. The minimum Gasteiger partial charge on any atom is -0.465 e. The quantitative estimate of drug-likeness (QED) is 0.864. The fourth-order valence-corrected chi connectivity index (χ4v) is 3.11. The number of carbonyl (C=O) groups is 2. The fourth-order valence-electron chi connectivity index (χ4n) is 2.40. The summed E-state index contributed by atoms with van der Waals surface area (Å²) in [5.41, 5.74) is 4.34. The smallest absolute Gasteiger partial charge is 0.275 e. The lowest BCUT2D eigenvalue weighted by atomic mass is 9.98. The Labute approximate surface area is 123 Å². The molecule has 1 aromatic carbocycles. The molecule has 1 saturated carbocycles. The average Bonchev–Trinajstić information content (AvgIpc) is 2.81. The Morgan fingerprint density at radius 2 is 1.95 bits per heavy atom. The summed E-state index contributed by atoms with van der Waals surface area (Å²) in [5, 5.41) is 0. The maximum Gasteiger partial charge on any atom is 0.275 e. The molecule has 21 heavy (non-hydrogen) atoms. The number of sulfone groups is 1. The molecule has 0 heterocycles. The second-order valence-corrected chi connectivity index (χ2v) is 7.32. The van der Waals surface area contributed by atoms with Crippen LogP contribution >= 0.6 is 0 Å². The van der Waals surface area contributed by atoms with Gasteiger partial charge in [-0.05, 0) is 30.0 Å². The Balaban J connectivity index is 2.12. The van der Waals surface area contributed by atoms with Crippen molar-refractivity contribution in [2.24, 2.45) is 5.73 Å². The van der Waals surface area contributed by atoms with Crippen LogP contribution in [-0.2, 0) is 19.4 Å². The van der Waals surface area contributed by atoms with E-state index in [1.165, 1.54) is 0 Å². The Bertz CT molecular complexity index is 650. The van der Waals surface area contributed by atoms with Crippen molar-refractivity contribution in [2.75, 3.05) is 6.26 Å². The highest BCUT2D eigenvalue weighted by Gasteiger charge is 2.29. The molecule has 2 rings (SSSR count). The van der Waals surface area contributed by atoms with Crippen molar-refractivity contribution in [1.82, 2.24) is 0 Å². The zero-order valence-corrected chi connectivity index (χ0v) is 12.4. The van der Waals surface area contributed by atoms with E-state index in [1.807, 2.05) is 0 Å². The van der Waals surface area contributed by atoms with E-state index in [0.717, 1.165) is 18.2 Å². The molecule has 0 saturated heterocycles. The van der Waals surface area contributed by atoms with E-state index in [1.54, 1.807) is 24.3 Å². The van der Waals surface area contributed by atoms with Gasteiger partial charge in [-0.3, -0.25) is 9.59 Å². The second kappa shape index (κ2) is 5.85. The molecule has 2 N–H and O–H groups in total. The lowest BCUT2D eigenvalue weighted by Crippen LogP contribution is -2.39. The third-order valence-corrected chi connectivity index (χ3v) is 4.57. The van der Waals surface area contributed by atoms with Crippen LogP contribution in [0.25, 0.3) is 0 Å². The molecule has 7 heteroatoms. The Hall–Kier alpha value is -1.89. The number of ketones is 1. The van der Waals surface area contributed by atoms with Crippen LogP contribution in [0.5, 0.6) is 5.75 Å². The van der Waals surface area contributed by atoms with Crippen LogP contribution in [0.4, 0.5) is 0 Å². The summed E-state index contributed by atoms with van der Waals surface area (Å²) in [7, 11) is -3.74. The van der Waals surface area contributed by atoms with Gasteiger partial charge in [0, 0.05) is 19.1 Å². The fraction of sp³-hybridized carbons (Fsp3) is 0.429. The second-order valence-electron chi connectivity index (χ2n) is 5.23. The standard InChI is InChI=1S/C14H17NO5S/c1-21(18,19)14(13(15)17)20-12-6-3-9(4-7-12)10-2-5-11(16)8-10/h3-4,6-7,10,14H,2,5,8H2,1H3,(H2,15,17). The highest BCUT2D eigenvalue weighted by Crippen LogP contribution is 2.32. The van der Waals surface area contributed by atoms with Crippen LogP contribution < -0.4 is 10.5 Å². The molecule has 114 valence electrons. The van der Waals surface area contributed by atoms with E-state index in [9.17, 15) is 18.0 Å². The van der Waals surface area contributed by atoms with E-state index in [-0.39, 0.29) is 17.5 Å². The summed E-state index contributed by atoms with van der Waals surface area (Å²) in [5.74, 6) is -0.347. The van der Waals surface area contributed by atoms with Gasteiger partial charge in [0.25, 0.3) is 11.3 Å². The predicted molar refractivity (Wildman–Crippen MR) is 76.5 cm³/mol. The highest BCUT2D eigenvalue weighted by molar-refractivity contribution is 7.91. The Morgan fingerprint density at radius 1 is 1.33 bits per heavy atom. The molecule has 0 aliphatic heterocycles. The number of ether oxygens (including phenoxy) is 1. The lowest BCUT2D eigenvalue weighted by molar-refractivity contribution is -0.121. The van der Waals surface area contributed by atoms with E-state index in [0.29, 0.717) is 12.8 Å². The van der Waals surface area contributed by atoms with Crippen molar-refractivity contribution in [3.05, 3.63) is 29.8 Å². The van der Waals surface area contributed by atoms with Gasteiger partial charge < -0.3 is 10.5 Å². The molecule has 2 atom stereocenters. The number of carbonyl (C=O) groups excluding carboxylic acids is 2. The summed E-state index contributed by atoms with van der Waals surface area (Å²) in [6.07, 6.45) is 2.85. The average molecular weight is 311 g/mol. The van der Waals surface area contributed by atoms with E-state index in [4.69, 9.17) is 10.5 Å². The maximum absolute atomic E-state index is 11.4. The summed E-state index contributed by atoms with van der Waals surface area (Å²) in [6.45, 7) is 0. The number of primary amides is 1. The molecule has 6 nitrogen and oxygen atoms in total. The first-order valence-corrected chi connectivity index (χ1v) is 8.49. The van der Waals surface area contributed by atoms with E-state index >= 15 is 0 Å². The Morgan fingerprint density at radius 3 is 2.38 bits per heavy atom. The van der Waals surface area contributed by atoms with Crippen LogP contribution in [0.3, 0.4) is 0 Å². The molecule has 1 aromatic rings. The van der Waals surface area contributed by atoms with Gasteiger partial charge in [0.2, 0.25) is 0 Å². The maximum atomic E-state index is 11.4. The van der Waals surface area contributed by atoms with Crippen LogP contribution in [0.1, 0.15) is 30.7 Å². The molecule has 0 bridgehead atoms. The van der Waals surface area contributed by atoms with Gasteiger partial charge in [0.15, 0.2) is 9.84 Å². The van der Waals surface area contributed by atoms with Gasteiger partial charge in [-0.1, -0.05) is 12.1 Å². The van der Waals surface area contributed by atoms with Crippen molar-refractivity contribution in [3.63, 3.8) is 0 Å². The topological polar surface area (TPSA) is 104 Å². The van der Waals surface area contributed by atoms with Crippen LogP contribution in [0.2, 0.25) is 0 Å². The molecule has 1 aliphatic carbocycles. The molecule has 0 radical (unpaired) electrons. The van der Waals surface area contributed by atoms with Gasteiger partial charge in [-0.2, -0.15) is 0 Å². The van der Waals surface area contributed by atoms with Crippen molar-refractivity contribution in [3.8, 4) is 5.75 Å². The minimum atomic E-state index is -3.74. The van der Waals surface area contributed by atoms with Crippen molar-refractivity contribution < 1.29 is 22.7 Å². The zero-order valence-electron chi connectivity index (χ0n) is 11.6. The summed E-state index contributed by atoms with van der Waals surface area (Å²) >= 11 is 0. The first-order valence-electron chi connectivity index (χ1n) is 6.54. The van der Waals surface area contributed by atoms with Crippen LogP contribution in [-0.4, -0.2) is 31.8 Å². The van der Waals surface area contributed by atoms with E-state index in [2.05, 4.69) is 0 Å². The summed E-state index contributed by atoms with van der Waals surface area (Å²) in [4.78, 5) is 22.4. The first-order chi connectivity index (χ1) is 9.77.